The van der Waals surface area contributed by atoms with E-state index in [-0.39, 0.29) is 18.0 Å². The van der Waals surface area contributed by atoms with Gasteiger partial charge in [-0.25, -0.2) is 9.67 Å². The molecule has 1 saturated heterocycles. The fourth-order valence-corrected chi connectivity index (χ4v) is 3.90. The average molecular weight is 365 g/mol. The highest BCUT2D eigenvalue weighted by Crippen LogP contribution is 2.26. The smallest absolute Gasteiger partial charge is 0.275 e. The molecule has 140 valence electrons. The number of hydrogen-bond acceptors (Lipinski definition) is 4. The van der Waals surface area contributed by atoms with Gasteiger partial charge in [0.25, 0.3) is 5.56 Å². The molecule has 0 aliphatic carbocycles. The van der Waals surface area contributed by atoms with Crippen molar-refractivity contribution in [3.63, 3.8) is 0 Å². The number of piperidine rings is 1. The summed E-state index contributed by atoms with van der Waals surface area (Å²) in [5.74, 6) is 1.39. The lowest BCUT2D eigenvalue weighted by Crippen LogP contribution is -2.42. The van der Waals surface area contributed by atoms with Crippen LogP contribution in [0.25, 0.3) is 10.8 Å². The molecule has 3 aromatic rings. The van der Waals surface area contributed by atoms with Gasteiger partial charge in [0.1, 0.15) is 12.4 Å². The van der Waals surface area contributed by atoms with Crippen molar-refractivity contribution >= 4 is 16.7 Å². The van der Waals surface area contributed by atoms with Gasteiger partial charge in [-0.3, -0.25) is 9.59 Å². The average Bonchev–Trinajstić information content (AvgIpc) is 3.12. The summed E-state index contributed by atoms with van der Waals surface area (Å²) in [5, 5.41) is 5.78. The van der Waals surface area contributed by atoms with Crippen LogP contribution in [0, 0.1) is 6.92 Å². The van der Waals surface area contributed by atoms with E-state index in [4.69, 9.17) is 0 Å². The van der Waals surface area contributed by atoms with E-state index in [2.05, 4.69) is 10.1 Å². The summed E-state index contributed by atoms with van der Waals surface area (Å²) in [4.78, 5) is 31.7. The molecule has 1 amide bonds. The van der Waals surface area contributed by atoms with Crippen molar-refractivity contribution in [3.8, 4) is 0 Å². The van der Waals surface area contributed by atoms with E-state index >= 15 is 0 Å². The highest BCUT2D eigenvalue weighted by Gasteiger charge is 2.26. The van der Waals surface area contributed by atoms with E-state index in [1.807, 2.05) is 54.0 Å². The quantitative estimate of drug-likeness (QED) is 0.710. The number of rotatable bonds is 3. The maximum Gasteiger partial charge on any atom is 0.275 e. The molecule has 2 aromatic heterocycles. The van der Waals surface area contributed by atoms with Crippen LogP contribution in [0.4, 0.5) is 0 Å². The van der Waals surface area contributed by atoms with Crippen molar-refractivity contribution in [3.05, 3.63) is 58.5 Å². The van der Waals surface area contributed by atoms with Gasteiger partial charge in [-0.1, -0.05) is 18.2 Å². The fraction of sp³-hybridized carbons (Fsp3) is 0.400. The van der Waals surface area contributed by atoms with Crippen LogP contribution in [-0.4, -0.2) is 43.2 Å². The summed E-state index contributed by atoms with van der Waals surface area (Å²) in [6, 6.07) is 7.38. The van der Waals surface area contributed by atoms with Crippen LogP contribution in [0.2, 0.25) is 0 Å². The molecule has 1 fully saturated rings. The Labute approximate surface area is 157 Å². The molecule has 0 saturated carbocycles. The summed E-state index contributed by atoms with van der Waals surface area (Å²) in [6.45, 7) is 3.20. The third-order valence-electron chi connectivity index (χ3n) is 5.41. The minimum atomic E-state index is -0.215. The first kappa shape index (κ1) is 17.5. The van der Waals surface area contributed by atoms with Gasteiger partial charge >= 0.3 is 0 Å². The third-order valence-corrected chi connectivity index (χ3v) is 5.41. The Hall–Kier alpha value is -2.96. The predicted octanol–water partition coefficient (Wildman–Crippen LogP) is 1.84. The Balaban J connectivity index is 1.48. The topological polar surface area (TPSA) is 73.0 Å². The molecule has 0 radical (unpaired) electrons. The molecule has 1 aliphatic heterocycles. The molecule has 1 aromatic carbocycles. The Kier molecular flexibility index (Phi) is 4.51. The van der Waals surface area contributed by atoms with Gasteiger partial charge in [0.05, 0.1) is 11.1 Å². The highest BCUT2D eigenvalue weighted by atomic mass is 16.2. The zero-order valence-corrected chi connectivity index (χ0v) is 15.6. The van der Waals surface area contributed by atoms with Gasteiger partial charge in [-0.05, 0) is 25.8 Å². The SMILES string of the molecule is Cc1nn(CC(=O)N2CCC(c3nccn3C)CC2)c(=O)c2ccccc12. The maximum absolute atomic E-state index is 12.7. The number of benzene rings is 1. The van der Waals surface area contributed by atoms with Gasteiger partial charge in [-0.2, -0.15) is 5.10 Å². The van der Waals surface area contributed by atoms with Gasteiger partial charge < -0.3 is 9.47 Å². The molecule has 7 heteroatoms. The lowest BCUT2D eigenvalue weighted by atomic mass is 9.96. The summed E-state index contributed by atoms with van der Waals surface area (Å²) < 4.78 is 3.34. The Morgan fingerprint density at radius 3 is 2.56 bits per heavy atom. The molecule has 0 atom stereocenters. The summed E-state index contributed by atoms with van der Waals surface area (Å²) in [6.07, 6.45) is 5.53. The minimum absolute atomic E-state index is 0.0163. The molecule has 1 aliphatic rings. The molecule has 7 nitrogen and oxygen atoms in total. The number of imidazole rings is 1. The summed E-state index contributed by atoms with van der Waals surface area (Å²) in [7, 11) is 2.00. The Bertz CT molecular complexity index is 1040. The van der Waals surface area contributed by atoms with Crippen LogP contribution >= 0.6 is 0 Å². The van der Waals surface area contributed by atoms with Gasteiger partial charge in [0.2, 0.25) is 5.91 Å². The number of aryl methyl sites for hydroxylation is 2. The maximum atomic E-state index is 12.7. The molecule has 3 heterocycles. The van der Waals surface area contributed by atoms with E-state index in [1.54, 1.807) is 6.07 Å². The van der Waals surface area contributed by atoms with Crippen molar-refractivity contribution in [2.24, 2.45) is 7.05 Å². The second-order valence-corrected chi connectivity index (χ2v) is 7.15. The molecular weight excluding hydrogens is 342 g/mol. The molecular formula is C20H23N5O2. The number of likely N-dealkylation sites (tertiary alicyclic amines) is 1. The largest absolute Gasteiger partial charge is 0.341 e. The zero-order chi connectivity index (χ0) is 19.0. The van der Waals surface area contributed by atoms with Gasteiger partial charge in [0.15, 0.2) is 0 Å². The van der Waals surface area contributed by atoms with Gasteiger partial charge in [0, 0.05) is 43.8 Å². The molecule has 0 unspecified atom stereocenters. The first-order valence-corrected chi connectivity index (χ1v) is 9.26. The van der Waals surface area contributed by atoms with Crippen molar-refractivity contribution < 1.29 is 4.79 Å². The van der Waals surface area contributed by atoms with Crippen molar-refractivity contribution in [1.82, 2.24) is 24.2 Å². The molecule has 27 heavy (non-hydrogen) atoms. The van der Waals surface area contributed by atoms with E-state index in [0.717, 1.165) is 29.7 Å². The summed E-state index contributed by atoms with van der Waals surface area (Å²) in [5.41, 5.74) is 0.541. The second kappa shape index (κ2) is 6.98. The number of carbonyl (C=O) groups excluding carboxylic acids is 1. The van der Waals surface area contributed by atoms with Crippen LogP contribution in [-0.2, 0) is 18.4 Å². The van der Waals surface area contributed by atoms with Crippen LogP contribution < -0.4 is 5.56 Å². The number of carbonyl (C=O) groups is 1. The number of amides is 1. The fourth-order valence-electron chi connectivity index (χ4n) is 3.90. The lowest BCUT2D eigenvalue weighted by Gasteiger charge is -2.31. The van der Waals surface area contributed by atoms with Crippen molar-refractivity contribution in [2.75, 3.05) is 13.1 Å². The normalized spacial score (nSPS) is 15.4. The first-order chi connectivity index (χ1) is 13.0. The minimum Gasteiger partial charge on any atom is -0.341 e. The molecule has 0 spiro atoms. The second-order valence-electron chi connectivity index (χ2n) is 7.15. The zero-order valence-electron chi connectivity index (χ0n) is 15.6. The van der Waals surface area contributed by atoms with E-state index in [0.29, 0.717) is 24.4 Å². The molecule has 0 bridgehead atoms. The molecule has 4 rings (SSSR count). The molecule has 0 N–H and O–H groups in total. The van der Waals surface area contributed by atoms with Crippen molar-refractivity contribution in [1.29, 1.82) is 0 Å². The number of fused-ring (bicyclic) bond motifs is 1. The van der Waals surface area contributed by atoms with Gasteiger partial charge in [-0.15, -0.1) is 0 Å². The first-order valence-electron chi connectivity index (χ1n) is 9.26. The standard InChI is InChI=1S/C20H23N5O2/c1-14-16-5-3-4-6-17(16)20(27)25(22-14)13-18(26)24-10-7-15(8-11-24)19-21-9-12-23(19)2/h3-6,9,12,15H,7-8,10-11,13H2,1-2H3. The highest BCUT2D eigenvalue weighted by molar-refractivity contribution is 5.83. The summed E-state index contributed by atoms with van der Waals surface area (Å²) >= 11 is 0. The lowest BCUT2D eigenvalue weighted by molar-refractivity contribution is -0.133. The Morgan fingerprint density at radius 2 is 1.89 bits per heavy atom. The van der Waals surface area contributed by atoms with E-state index in [9.17, 15) is 9.59 Å². The van der Waals surface area contributed by atoms with Crippen LogP contribution in [0.1, 0.15) is 30.3 Å². The predicted molar refractivity (Wildman–Crippen MR) is 103 cm³/mol. The van der Waals surface area contributed by atoms with Crippen LogP contribution in [0.3, 0.4) is 0 Å². The van der Waals surface area contributed by atoms with E-state index in [1.165, 1.54) is 4.68 Å². The number of nitrogens with zero attached hydrogens (tertiary/aromatic N) is 5. The van der Waals surface area contributed by atoms with Crippen LogP contribution in [0.5, 0.6) is 0 Å². The number of hydrogen-bond donors (Lipinski definition) is 0. The monoisotopic (exact) mass is 365 g/mol. The third kappa shape index (κ3) is 3.25. The van der Waals surface area contributed by atoms with Crippen LogP contribution in [0.15, 0.2) is 41.5 Å². The number of aromatic nitrogens is 4. The Morgan fingerprint density at radius 1 is 1.19 bits per heavy atom. The van der Waals surface area contributed by atoms with E-state index < -0.39 is 0 Å². The van der Waals surface area contributed by atoms with Crippen molar-refractivity contribution in [2.45, 2.75) is 32.2 Å².